The number of nitrogens with zero attached hydrogens (tertiary/aromatic N) is 1. The van der Waals surface area contributed by atoms with E-state index in [1.807, 2.05) is 0 Å². The topological polar surface area (TPSA) is 3.24 Å². The molecule has 1 saturated heterocycles. The largest absolute Gasteiger partial charge is 0.300 e. The third-order valence-corrected chi connectivity index (χ3v) is 3.93. The van der Waals surface area contributed by atoms with Crippen molar-refractivity contribution in [2.45, 2.75) is 39.0 Å². The molecular weight excluding hydrogens is 158 g/mol. The zero-order valence-electron chi connectivity index (χ0n) is 8.76. The molecule has 1 spiro atoms. The Kier molecular flexibility index (Phi) is 2.73. The first-order valence-corrected chi connectivity index (χ1v) is 5.68. The molecule has 0 aromatic carbocycles. The maximum atomic E-state index is 2.59. The zero-order valence-corrected chi connectivity index (χ0v) is 8.76. The molecule has 2 aliphatic rings. The van der Waals surface area contributed by atoms with Crippen LogP contribution in [0.15, 0.2) is 12.2 Å². The van der Waals surface area contributed by atoms with Crippen molar-refractivity contribution in [2.75, 3.05) is 19.6 Å². The Bertz CT molecular complexity index is 181. The van der Waals surface area contributed by atoms with Gasteiger partial charge in [-0.2, -0.15) is 0 Å². The summed E-state index contributed by atoms with van der Waals surface area (Å²) in [6.45, 7) is 5.96. The molecule has 0 atom stereocenters. The van der Waals surface area contributed by atoms with E-state index in [0.29, 0.717) is 0 Å². The van der Waals surface area contributed by atoms with Crippen molar-refractivity contribution in [3.63, 3.8) is 0 Å². The van der Waals surface area contributed by atoms with Crippen LogP contribution in [0.1, 0.15) is 39.0 Å². The van der Waals surface area contributed by atoms with Crippen LogP contribution in [0.25, 0.3) is 0 Å². The number of hydrogen-bond donors (Lipinski definition) is 0. The second kappa shape index (κ2) is 3.83. The fourth-order valence-electron chi connectivity index (χ4n) is 2.64. The molecule has 0 bridgehead atoms. The molecule has 0 N–H and O–H groups in total. The Balaban J connectivity index is 1.75. The molecule has 1 saturated carbocycles. The molecule has 0 aromatic rings. The highest BCUT2D eigenvalue weighted by atomic mass is 15.1. The minimum atomic E-state index is 0.812. The highest BCUT2D eigenvalue weighted by Gasteiger charge is 2.38. The summed E-state index contributed by atoms with van der Waals surface area (Å²) in [4.78, 5) is 2.59. The molecule has 2 fully saturated rings. The van der Waals surface area contributed by atoms with E-state index in [9.17, 15) is 0 Å². The molecule has 2 rings (SSSR count). The van der Waals surface area contributed by atoms with Gasteiger partial charge in [0.05, 0.1) is 0 Å². The van der Waals surface area contributed by atoms with Gasteiger partial charge in [0.1, 0.15) is 0 Å². The van der Waals surface area contributed by atoms with Crippen LogP contribution >= 0.6 is 0 Å². The van der Waals surface area contributed by atoms with Crippen molar-refractivity contribution in [1.29, 1.82) is 0 Å². The lowest BCUT2D eigenvalue weighted by atomic mass is 9.63. The van der Waals surface area contributed by atoms with Gasteiger partial charge in [0.2, 0.25) is 0 Å². The van der Waals surface area contributed by atoms with Gasteiger partial charge in [-0.25, -0.2) is 0 Å². The van der Waals surface area contributed by atoms with E-state index < -0.39 is 0 Å². The lowest BCUT2D eigenvalue weighted by molar-refractivity contribution is 0.0380. The molecule has 13 heavy (non-hydrogen) atoms. The normalized spacial score (nSPS) is 28.1. The summed E-state index contributed by atoms with van der Waals surface area (Å²) >= 11 is 0. The number of allylic oxidation sites excluding steroid dienone is 1. The van der Waals surface area contributed by atoms with E-state index in [1.165, 1.54) is 51.7 Å². The van der Waals surface area contributed by atoms with E-state index in [4.69, 9.17) is 0 Å². The zero-order chi connectivity index (χ0) is 9.15. The summed E-state index contributed by atoms with van der Waals surface area (Å²) in [5, 5.41) is 0. The standard InChI is InChI=1S/C12H21N/c1-2-3-9-13-10-7-12(8-11-13)5-4-6-12/h2-3H,4-11H2,1H3/b3-2+. The van der Waals surface area contributed by atoms with Crippen molar-refractivity contribution < 1.29 is 0 Å². The average molecular weight is 179 g/mol. The number of rotatable bonds is 2. The summed E-state index contributed by atoms with van der Waals surface area (Å²) in [7, 11) is 0. The van der Waals surface area contributed by atoms with Gasteiger partial charge in [-0.1, -0.05) is 18.6 Å². The fourth-order valence-corrected chi connectivity index (χ4v) is 2.64. The van der Waals surface area contributed by atoms with Crippen LogP contribution in [0.2, 0.25) is 0 Å². The van der Waals surface area contributed by atoms with Crippen LogP contribution in [0.4, 0.5) is 0 Å². The first kappa shape index (κ1) is 9.26. The molecule has 0 amide bonds. The molecule has 1 heterocycles. The van der Waals surface area contributed by atoms with Gasteiger partial charge in [0.25, 0.3) is 0 Å². The monoisotopic (exact) mass is 179 g/mol. The quantitative estimate of drug-likeness (QED) is 0.589. The van der Waals surface area contributed by atoms with Crippen LogP contribution in [0, 0.1) is 5.41 Å². The molecule has 1 nitrogen and oxygen atoms in total. The lowest BCUT2D eigenvalue weighted by Crippen LogP contribution is -2.43. The molecule has 1 heteroatoms. The minimum absolute atomic E-state index is 0.812. The summed E-state index contributed by atoms with van der Waals surface area (Å²) < 4.78 is 0. The molecule has 74 valence electrons. The predicted octanol–water partition coefficient (Wildman–Crippen LogP) is 2.83. The lowest BCUT2D eigenvalue weighted by Gasteiger charge is -2.47. The maximum Gasteiger partial charge on any atom is 0.0163 e. The number of piperidine rings is 1. The smallest absolute Gasteiger partial charge is 0.0163 e. The fraction of sp³-hybridized carbons (Fsp3) is 0.833. The Morgan fingerprint density at radius 2 is 1.85 bits per heavy atom. The first-order valence-electron chi connectivity index (χ1n) is 5.68. The Morgan fingerprint density at radius 1 is 1.15 bits per heavy atom. The number of hydrogen-bond acceptors (Lipinski definition) is 1. The third kappa shape index (κ3) is 1.96. The molecule has 1 aliphatic carbocycles. The molecule has 0 radical (unpaired) electrons. The average Bonchev–Trinajstić information content (AvgIpc) is 2.13. The van der Waals surface area contributed by atoms with Gasteiger partial charge in [-0.15, -0.1) is 0 Å². The summed E-state index contributed by atoms with van der Waals surface area (Å²) in [5.41, 5.74) is 0.812. The van der Waals surface area contributed by atoms with Crippen molar-refractivity contribution in [2.24, 2.45) is 5.41 Å². The van der Waals surface area contributed by atoms with E-state index in [-0.39, 0.29) is 0 Å². The van der Waals surface area contributed by atoms with Crippen LogP contribution in [0.5, 0.6) is 0 Å². The first-order chi connectivity index (χ1) is 6.35. The van der Waals surface area contributed by atoms with E-state index in [1.54, 1.807) is 0 Å². The van der Waals surface area contributed by atoms with Gasteiger partial charge < -0.3 is 0 Å². The second-order valence-corrected chi connectivity index (χ2v) is 4.72. The van der Waals surface area contributed by atoms with Gasteiger partial charge in [0, 0.05) is 6.54 Å². The second-order valence-electron chi connectivity index (χ2n) is 4.72. The van der Waals surface area contributed by atoms with Gasteiger partial charge in [-0.05, 0) is 51.1 Å². The van der Waals surface area contributed by atoms with Crippen LogP contribution in [-0.2, 0) is 0 Å². The van der Waals surface area contributed by atoms with Crippen molar-refractivity contribution in [3.05, 3.63) is 12.2 Å². The van der Waals surface area contributed by atoms with Gasteiger partial charge in [-0.3, -0.25) is 4.90 Å². The summed E-state index contributed by atoms with van der Waals surface area (Å²) in [5.74, 6) is 0. The Labute approximate surface area is 81.8 Å². The Hall–Kier alpha value is -0.300. The predicted molar refractivity (Wildman–Crippen MR) is 56.8 cm³/mol. The van der Waals surface area contributed by atoms with Crippen LogP contribution in [0.3, 0.4) is 0 Å². The number of likely N-dealkylation sites (tertiary alicyclic amines) is 1. The van der Waals surface area contributed by atoms with Crippen molar-refractivity contribution in [1.82, 2.24) is 4.90 Å². The van der Waals surface area contributed by atoms with Crippen LogP contribution in [-0.4, -0.2) is 24.5 Å². The maximum absolute atomic E-state index is 2.59. The Morgan fingerprint density at radius 3 is 2.31 bits per heavy atom. The van der Waals surface area contributed by atoms with Gasteiger partial charge >= 0.3 is 0 Å². The molecular formula is C12H21N. The van der Waals surface area contributed by atoms with E-state index in [2.05, 4.69) is 24.0 Å². The van der Waals surface area contributed by atoms with Gasteiger partial charge in [0.15, 0.2) is 0 Å². The molecule has 1 aliphatic heterocycles. The summed E-state index contributed by atoms with van der Waals surface area (Å²) in [6.07, 6.45) is 11.9. The van der Waals surface area contributed by atoms with Crippen molar-refractivity contribution in [3.8, 4) is 0 Å². The minimum Gasteiger partial charge on any atom is -0.300 e. The van der Waals surface area contributed by atoms with Crippen LogP contribution < -0.4 is 0 Å². The van der Waals surface area contributed by atoms with E-state index in [0.717, 1.165) is 5.41 Å². The third-order valence-electron chi connectivity index (χ3n) is 3.93. The van der Waals surface area contributed by atoms with E-state index >= 15 is 0 Å². The highest BCUT2D eigenvalue weighted by Crippen LogP contribution is 2.48. The molecule has 0 unspecified atom stereocenters. The highest BCUT2D eigenvalue weighted by molar-refractivity contribution is 4.93. The SMILES string of the molecule is C/C=C/CN1CCC2(CCC2)CC1. The summed E-state index contributed by atoms with van der Waals surface area (Å²) in [6, 6.07) is 0. The van der Waals surface area contributed by atoms with Crippen molar-refractivity contribution >= 4 is 0 Å². The molecule has 0 aromatic heterocycles.